The molecule has 2 rings (SSSR count). The lowest BCUT2D eigenvalue weighted by Crippen LogP contribution is -1.94. The summed E-state index contributed by atoms with van der Waals surface area (Å²) in [6.45, 7) is 0.429. The molecule has 0 bridgehead atoms. The summed E-state index contributed by atoms with van der Waals surface area (Å²) in [5.41, 5.74) is 7.52. The molecule has 14 heavy (non-hydrogen) atoms. The second-order valence-corrected chi connectivity index (χ2v) is 4.11. The molecule has 74 valence electrons. The van der Waals surface area contributed by atoms with E-state index >= 15 is 0 Å². The molecule has 2 N–H and O–H groups in total. The van der Waals surface area contributed by atoms with Crippen molar-refractivity contribution in [3.05, 3.63) is 34.2 Å². The average Bonchev–Trinajstić information content (AvgIpc) is 2.45. The fourth-order valence-corrected chi connectivity index (χ4v) is 1.95. The van der Waals surface area contributed by atoms with Crippen LogP contribution in [-0.2, 0) is 13.6 Å². The zero-order valence-corrected chi connectivity index (χ0v) is 9.31. The Hall–Kier alpha value is -0.870. The fourth-order valence-electron chi connectivity index (χ4n) is 1.62. The lowest BCUT2D eigenvalue weighted by atomic mass is 10.2. The van der Waals surface area contributed by atoms with Crippen LogP contribution in [0.5, 0.6) is 0 Å². The topological polar surface area (TPSA) is 30.9 Å². The van der Waals surface area contributed by atoms with E-state index in [1.54, 1.807) is 6.07 Å². The van der Waals surface area contributed by atoms with E-state index in [0.717, 1.165) is 16.5 Å². The van der Waals surface area contributed by atoms with Gasteiger partial charge in [0.1, 0.15) is 5.82 Å². The van der Waals surface area contributed by atoms with Gasteiger partial charge in [0.05, 0.1) is 4.47 Å². The quantitative estimate of drug-likeness (QED) is 0.836. The van der Waals surface area contributed by atoms with Crippen LogP contribution in [0.4, 0.5) is 4.39 Å². The second kappa shape index (κ2) is 3.37. The Labute approximate surface area is 89.6 Å². The lowest BCUT2D eigenvalue weighted by molar-refractivity contribution is 0.623. The van der Waals surface area contributed by atoms with Crippen molar-refractivity contribution in [2.24, 2.45) is 12.8 Å². The maximum absolute atomic E-state index is 13.3. The van der Waals surface area contributed by atoms with Crippen molar-refractivity contribution in [2.75, 3.05) is 0 Å². The average molecular weight is 257 g/mol. The summed E-state index contributed by atoms with van der Waals surface area (Å²) in [5.74, 6) is -0.251. The highest BCUT2D eigenvalue weighted by molar-refractivity contribution is 9.10. The molecule has 1 heterocycles. The molecular weight excluding hydrogens is 247 g/mol. The highest BCUT2D eigenvalue weighted by Gasteiger charge is 2.08. The number of aryl methyl sites for hydroxylation is 1. The fraction of sp³-hybridized carbons (Fsp3) is 0.200. The van der Waals surface area contributed by atoms with Crippen molar-refractivity contribution in [3.8, 4) is 0 Å². The van der Waals surface area contributed by atoms with Crippen LogP contribution in [0.2, 0.25) is 0 Å². The Bertz CT molecular complexity index is 490. The summed E-state index contributed by atoms with van der Waals surface area (Å²) in [5, 5.41) is 0.885. The van der Waals surface area contributed by atoms with Gasteiger partial charge in [0, 0.05) is 30.7 Å². The standard InChI is InChI=1S/C10H10BrFN2/c1-14-5-6(4-13)7-2-9(12)8(11)3-10(7)14/h2-3,5H,4,13H2,1H3. The van der Waals surface area contributed by atoms with Crippen LogP contribution in [-0.4, -0.2) is 4.57 Å². The van der Waals surface area contributed by atoms with Gasteiger partial charge in [-0.3, -0.25) is 0 Å². The molecule has 1 aromatic carbocycles. The first-order valence-electron chi connectivity index (χ1n) is 4.26. The molecule has 0 aliphatic carbocycles. The van der Waals surface area contributed by atoms with Crippen LogP contribution in [0, 0.1) is 5.82 Å². The third kappa shape index (κ3) is 1.35. The molecule has 4 heteroatoms. The summed E-state index contributed by atoms with van der Waals surface area (Å²) >= 11 is 3.16. The molecule has 0 atom stereocenters. The van der Waals surface area contributed by atoms with Crippen LogP contribution in [0.3, 0.4) is 0 Å². The Morgan fingerprint density at radius 2 is 2.21 bits per heavy atom. The van der Waals surface area contributed by atoms with E-state index in [2.05, 4.69) is 15.9 Å². The number of rotatable bonds is 1. The predicted octanol–water partition coefficient (Wildman–Crippen LogP) is 2.54. The summed E-state index contributed by atoms with van der Waals surface area (Å²) in [6, 6.07) is 3.28. The van der Waals surface area contributed by atoms with Crippen LogP contribution in [0.15, 0.2) is 22.8 Å². The molecule has 0 aliphatic heterocycles. The number of nitrogens with zero attached hydrogens (tertiary/aromatic N) is 1. The van der Waals surface area contributed by atoms with Gasteiger partial charge in [0.2, 0.25) is 0 Å². The monoisotopic (exact) mass is 256 g/mol. The van der Waals surface area contributed by atoms with Crippen molar-refractivity contribution in [1.29, 1.82) is 0 Å². The van der Waals surface area contributed by atoms with Gasteiger partial charge in [-0.25, -0.2) is 4.39 Å². The molecule has 1 aromatic heterocycles. The largest absolute Gasteiger partial charge is 0.350 e. The first-order chi connectivity index (χ1) is 6.63. The smallest absolute Gasteiger partial charge is 0.138 e. The second-order valence-electron chi connectivity index (χ2n) is 3.25. The maximum atomic E-state index is 13.3. The van der Waals surface area contributed by atoms with Crippen LogP contribution < -0.4 is 5.73 Å². The number of halogens is 2. The normalized spacial score (nSPS) is 11.1. The van der Waals surface area contributed by atoms with Crippen LogP contribution in [0.25, 0.3) is 10.9 Å². The van der Waals surface area contributed by atoms with Gasteiger partial charge in [0.25, 0.3) is 0 Å². The Morgan fingerprint density at radius 3 is 2.86 bits per heavy atom. The van der Waals surface area contributed by atoms with E-state index < -0.39 is 0 Å². The van der Waals surface area contributed by atoms with E-state index in [4.69, 9.17) is 5.73 Å². The molecule has 0 aliphatic rings. The third-order valence-corrected chi connectivity index (χ3v) is 2.94. The summed E-state index contributed by atoms with van der Waals surface area (Å²) in [4.78, 5) is 0. The first-order valence-corrected chi connectivity index (χ1v) is 5.06. The van der Waals surface area contributed by atoms with E-state index in [-0.39, 0.29) is 5.82 Å². The van der Waals surface area contributed by atoms with Gasteiger partial charge < -0.3 is 10.3 Å². The van der Waals surface area contributed by atoms with Gasteiger partial charge in [-0.2, -0.15) is 0 Å². The minimum Gasteiger partial charge on any atom is -0.350 e. The molecule has 0 unspecified atom stereocenters. The van der Waals surface area contributed by atoms with Gasteiger partial charge >= 0.3 is 0 Å². The van der Waals surface area contributed by atoms with Crippen LogP contribution >= 0.6 is 15.9 Å². The van der Waals surface area contributed by atoms with Crippen LogP contribution in [0.1, 0.15) is 5.56 Å². The Kier molecular flexibility index (Phi) is 2.33. The zero-order chi connectivity index (χ0) is 10.3. The van der Waals surface area contributed by atoms with Gasteiger partial charge in [-0.1, -0.05) is 0 Å². The highest BCUT2D eigenvalue weighted by Crippen LogP contribution is 2.26. The Morgan fingerprint density at radius 1 is 1.50 bits per heavy atom. The summed E-state index contributed by atoms with van der Waals surface area (Å²) < 4.78 is 15.7. The van der Waals surface area contributed by atoms with Gasteiger partial charge in [0.15, 0.2) is 0 Å². The van der Waals surface area contributed by atoms with Gasteiger partial charge in [-0.05, 0) is 33.6 Å². The maximum Gasteiger partial charge on any atom is 0.138 e. The van der Waals surface area contributed by atoms with Crippen molar-refractivity contribution in [1.82, 2.24) is 4.57 Å². The SMILES string of the molecule is Cn1cc(CN)c2cc(F)c(Br)cc21. The van der Waals surface area contributed by atoms with Crippen molar-refractivity contribution in [2.45, 2.75) is 6.54 Å². The van der Waals surface area contributed by atoms with Gasteiger partial charge in [-0.15, -0.1) is 0 Å². The molecule has 0 amide bonds. The van der Waals surface area contributed by atoms with E-state index in [0.29, 0.717) is 11.0 Å². The first kappa shape index (κ1) is 9.68. The summed E-state index contributed by atoms with van der Waals surface area (Å²) in [6.07, 6.45) is 1.93. The predicted molar refractivity (Wildman–Crippen MR) is 58.5 cm³/mol. The number of nitrogens with two attached hydrogens (primary N) is 1. The molecule has 0 saturated carbocycles. The number of benzene rings is 1. The minimum absolute atomic E-state index is 0.251. The van der Waals surface area contributed by atoms with Crippen molar-refractivity contribution in [3.63, 3.8) is 0 Å². The zero-order valence-electron chi connectivity index (χ0n) is 7.72. The molecule has 0 saturated heterocycles. The lowest BCUT2D eigenvalue weighted by Gasteiger charge is -1.98. The van der Waals surface area contributed by atoms with E-state index in [9.17, 15) is 4.39 Å². The minimum atomic E-state index is -0.251. The number of aromatic nitrogens is 1. The molecule has 2 aromatic rings. The number of hydrogen-bond donors (Lipinski definition) is 1. The molecule has 0 radical (unpaired) electrons. The van der Waals surface area contributed by atoms with E-state index in [1.165, 1.54) is 6.07 Å². The number of fused-ring (bicyclic) bond motifs is 1. The highest BCUT2D eigenvalue weighted by atomic mass is 79.9. The van der Waals surface area contributed by atoms with Crippen molar-refractivity contribution >= 4 is 26.8 Å². The molecular formula is C10H10BrFN2. The molecule has 2 nitrogen and oxygen atoms in total. The molecule has 0 fully saturated rings. The number of hydrogen-bond acceptors (Lipinski definition) is 1. The third-order valence-electron chi connectivity index (χ3n) is 2.33. The molecule has 0 spiro atoms. The van der Waals surface area contributed by atoms with E-state index in [1.807, 2.05) is 17.8 Å². The van der Waals surface area contributed by atoms with Crippen molar-refractivity contribution < 1.29 is 4.39 Å². The summed E-state index contributed by atoms with van der Waals surface area (Å²) in [7, 11) is 1.92. The Balaban J connectivity index is 2.84.